The van der Waals surface area contributed by atoms with Crippen LogP contribution >= 0.6 is 27.7 Å². The Bertz CT molecular complexity index is 1620. The number of rotatable bonds is 10. The maximum Gasteiger partial charge on any atom is 0.266 e. The maximum absolute atomic E-state index is 13.4. The van der Waals surface area contributed by atoms with Crippen LogP contribution in [0.2, 0.25) is 0 Å². The lowest BCUT2D eigenvalue weighted by molar-refractivity contribution is -0.122. The molecule has 0 saturated carbocycles. The highest BCUT2D eigenvalue weighted by Crippen LogP contribution is 2.40. The van der Waals surface area contributed by atoms with Gasteiger partial charge in [0.25, 0.3) is 5.91 Å². The van der Waals surface area contributed by atoms with Crippen LogP contribution < -0.4 is 14.2 Å². The number of halogens is 1. The Balaban J connectivity index is 1.40. The monoisotopic (exact) mass is 632 g/mol. The third kappa shape index (κ3) is 6.59. The molecule has 0 bridgehead atoms. The first-order valence-electron chi connectivity index (χ1n) is 12.9. The van der Waals surface area contributed by atoms with E-state index in [0.29, 0.717) is 41.3 Å². The summed E-state index contributed by atoms with van der Waals surface area (Å²) in [6, 6.07) is 25.6. The predicted molar refractivity (Wildman–Crippen MR) is 168 cm³/mol. The van der Waals surface area contributed by atoms with Crippen molar-refractivity contribution in [1.82, 2.24) is 4.90 Å². The topological polar surface area (TPSA) is 69.6 Å². The number of hydrogen-bond acceptors (Lipinski definition) is 7. The molecule has 0 unspecified atom stereocenters. The highest BCUT2D eigenvalue weighted by atomic mass is 79.9. The number of aliphatic imine (C=N–C) groups is 1. The Morgan fingerprint density at radius 3 is 2.49 bits per heavy atom. The van der Waals surface area contributed by atoms with Gasteiger partial charge in [0.1, 0.15) is 12.4 Å². The molecule has 0 N–H and O–H groups in total. The van der Waals surface area contributed by atoms with Crippen molar-refractivity contribution in [3.05, 3.63) is 99.4 Å². The molecule has 0 spiro atoms. The van der Waals surface area contributed by atoms with Crippen LogP contribution in [0.15, 0.2) is 93.2 Å². The van der Waals surface area contributed by atoms with Gasteiger partial charge in [-0.1, -0.05) is 42.5 Å². The first-order chi connectivity index (χ1) is 20.0. The molecule has 4 aromatic rings. The standard InChI is InChI=1S/C32H29BrN2O5S/c1-37-16-15-35-31(36)29(41-32(35)34-24-11-13-25(38-2)14-12-24)19-21-17-27(33)30(28(18-21)39-3)40-20-23-9-6-8-22-7-4-5-10-26(22)23/h4-14,17-19H,15-16,20H2,1-3H3/b29-19+,34-32?. The van der Waals surface area contributed by atoms with E-state index < -0.39 is 0 Å². The van der Waals surface area contributed by atoms with E-state index in [2.05, 4.69) is 40.2 Å². The molecule has 0 atom stereocenters. The molecule has 1 aliphatic heterocycles. The van der Waals surface area contributed by atoms with Gasteiger partial charge in [-0.2, -0.15) is 0 Å². The Morgan fingerprint density at radius 2 is 1.73 bits per heavy atom. The molecule has 1 fully saturated rings. The number of carbonyl (C=O) groups is 1. The van der Waals surface area contributed by atoms with Gasteiger partial charge in [0.15, 0.2) is 16.7 Å². The smallest absolute Gasteiger partial charge is 0.266 e. The molecule has 5 rings (SSSR count). The molecule has 41 heavy (non-hydrogen) atoms. The quantitative estimate of drug-likeness (QED) is 0.169. The third-order valence-electron chi connectivity index (χ3n) is 6.51. The largest absolute Gasteiger partial charge is 0.497 e. The highest BCUT2D eigenvalue weighted by molar-refractivity contribution is 9.10. The van der Waals surface area contributed by atoms with Crippen molar-refractivity contribution in [1.29, 1.82) is 0 Å². The minimum Gasteiger partial charge on any atom is -0.497 e. The number of ether oxygens (including phenoxy) is 4. The van der Waals surface area contributed by atoms with Gasteiger partial charge in [0, 0.05) is 7.11 Å². The fraction of sp³-hybridized carbons (Fsp3) is 0.188. The molecule has 1 heterocycles. The summed E-state index contributed by atoms with van der Waals surface area (Å²) in [6.07, 6.45) is 1.84. The Labute approximate surface area is 251 Å². The van der Waals surface area contributed by atoms with Gasteiger partial charge in [-0.25, -0.2) is 4.99 Å². The van der Waals surface area contributed by atoms with E-state index in [-0.39, 0.29) is 5.91 Å². The number of amidine groups is 1. The van der Waals surface area contributed by atoms with Crippen LogP contribution in [0.3, 0.4) is 0 Å². The van der Waals surface area contributed by atoms with Gasteiger partial charge >= 0.3 is 0 Å². The van der Waals surface area contributed by atoms with Gasteiger partial charge in [0.2, 0.25) is 0 Å². The van der Waals surface area contributed by atoms with Gasteiger partial charge in [-0.15, -0.1) is 0 Å². The number of fused-ring (bicyclic) bond motifs is 1. The van der Waals surface area contributed by atoms with Crippen molar-refractivity contribution in [3.8, 4) is 17.2 Å². The first-order valence-corrected chi connectivity index (χ1v) is 14.5. The van der Waals surface area contributed by atoms with Crippen molar-refractivity contribution < 1.29 is 23.7 Å². The van der Waals surface area contributed by atoms with E-state index in [0.717, 1.165) is 37.8 Å². The first kappa shape index (κ1) is 28.7. The maximum atomic E-state index is 13.4. The molecule has 4 aromatic carbocycles. The number of methoxy groups -OCH3 is 3. The molecule has 0 radical (unpaired) electrons. The van der Waals surface area contributed by atoms with Crippen LogP contribution in [-0.2, 0) is 16.1 Å². The Morgan fingerprint density at radius 1 is 0.951 bits per heavy atom. The van der Waals surface area contributed by atoms with E-state index in [1.54, 1.807) is 26.2 Å². The van der Waals surface area contributed by atoms with Gasteiger partial charge in [-0.05, 0) is 92.1 Å². The lowest BCUT2D eigenvalue weighted by Gasteiger charge is -2.15. The molecule has 1 aliphatic rings. The number of benzene rings is 4. The second-order valence-corrected chi connectivity index (χ2v) is 11.0. The molecular weight excluding hydrogens is 604 g/mol. The summed E-state index contributed by atoms with van der Waals surface area (Å²) in [7, 11) is 4.83. The van der Waals surface area contributed by atoms with E-state index >= 15 is 0 Å². The van der Waals surface area contributed by atoms with E-state index in [1.165, 1.54) is 11.8 Å². The lowest BCUT2D eigenvalue weighted by atomic mass is 10.1. The average Bonchev–Trinajstić information content (AvgIpc) is 3.28. The highest BCUT2D eigenvalue weighted by Gasteiger charge is 2.33. The summed E-state index contributed by atoms with van der Waals surface area (Å²) in [6.45, 7) is 1.16. The second-order valence-electron chi connectivity index (χ2n) is 9.11. The van der Waals surface area contributed by atoms with Gasteiger partial charge in [0.05, 0.1) is 42.4 Å². The van der Waals surface area contributed by atoms with Crippen molar-refractivity contribution >= 4 is 61.3 Å². The lowest BCUT2D eigenvalue weighted by Crippen LogP contribution is -2.32. The predicted octanol–water partition coefficient (Wildman–Crippen LogP) is 7.45. The zero-order valence-electron chi connectivity index (χ0n) is 22.9. The summed E-state index contributed by atoms with van der Waals surface area (Å²) in [4.78, 5) is 20.3. The third-order valence-corrected chi connectivity index (χ3v) is 8.10. The fourth-order valence-electron chi connectivity index (χ4n) is 4.42. The van der Waals surface area contributed by atoms with Crippen molar-refractivity contribution in [3.63, 3.8) is 0 Å². The number of thioether (sulfide) groups is 1. The molecule has 0 aliphatic carbocycles. The molecule has 1 saturated heterocycles. The Hall–Kier alpha value is -3.79. The molecule has 210 valence electrons. The number of amides is 1. The second kappa shape index (κ2) is 13.2. The molecule has 7 nitrogen and oxygen atoms in total. The van der Waals surface area contributed by atoms with Gasteiger partial charge < -0.3 is 18.9 Å². The molecule has 1 amide bonds. The van der Waals surface area contributed by atoms with Crippen LogP contribution in [0.25, 0.3) is 16.8 Å². The number of nitrogens with zero attached hydrogens (tertiary/aromatic N) is 2. The Kier molecular flexibility index (Phi) is 9.28. The van der Waals surface area contributed by atoms with Crippen molar-refractivity contribution in [2.75, 3.05) is 34.5 Å². The summed E-state index contributed by atoms with van der Waals surface area (Å²) in [5.41, 5.74) is 2.59. The van der Waals surface area contributed by atoms with Crippen LogP contribution in [0.4, 0.5) is 5.69 Å². The average molecular weight is 634 g/mol. The molecule has 0 aromatic heterocycles. The van der Waals surface area contributed by atoms with E-state index in [9.17, 15) is 4.79 Å². The number of hydrogen-bond donors (Lipinski definition) is 0. The minimum absolute atomic E-state index is 0.134. The zero-order chi connectivity index (χ0) is 28.8. The van der Waals surface area contributed by atoms with Crippen molar-refractivity contribution in [2.45, 2.75) is 6.61 Å². The summed E-state index contributed by atoms with van der Waals surface area (Å²) in [5, 5.41) is 2.90. The van der Waals surface area contributed by atoms with E-state index in [1.807, 2.05) is 60.7 Å². The summed E-state index contributed by atoms with van der Waals surface area (Å²) < 4.78 is 23.1. The normalized spacial score (nSPS) is 15.2. The molecular formula is C32H29BrN2O5S. The van der Waals surface area contributed by atoms with Gasteiger partial charge in [-0.3, -0.25) is 9.69 Å². The van der Waals surface area contributed by atoms with Crippen molar-refractivity contribution in [2.24, 2.45) is 4.99 Å². The zero-order valence-corrected chi connectivity index (χ0v) is 25.3. The summed E-state index contributed by atoms with van der Waals surface area (Å²) in [5.74, 6) is 1.76. The fourth-order valence-corrected chi connectivity index (χ4v) is 6.02. The molecule has 9 heteroatoms. The van der Waals surface area contributed by atoms with Crippen LogP contribution in [0.1, 0.15) is 11.1 Å². The summed E-state index contributed by atoms with van der Waals surface area (Å²) >= 11 is 4.98. The van der Waals surface area contributed by atoms with Crippen LogP contribution in [0.5, 0.6) is 17.2 Å². The number of carbonyl (C=O) groups excluding carboxylic acids is 1. The van der Waals surface area contributed by atoms with E-state index in [4.69, 9.17) is 23.9 Å². The minimum atomic E-state index is -0.134. The van der Waals surface area contributed by atoms with Crippen LogP contribution in [-0.4, -0.2) is 50.5 Å². The SMILES string of the molecule is COCCN1C(=O)/C(=C\c2cc(Br)c(OCc3cccc4ccccc34)c(OC)c2)SC1=Nc1ccc(OC)cc1. The van der Waals surface area contributed by atoms with Crippen LogP contribution in [0, 0.1) is 0 Å².